The molecule has 2 amide bonds. The number of rotatable bonds is 9. The van der Waals surface area contributed by atoms with Crippen molar-refractivity contribution in [1.29, 1.82) is 0 Å². The van der Waals surface area contributed by atoms with E-state index >= 15 is 0 Å². The number of carbonyl (C=O) groups is 2. The van der Waals surface area contributed by atoms with Gasteiger partial charge in [-0.2, -0.15) is 0 Å². The van der Waals surface area contributed by atoms with Gasteiger partial charge in [0, 0.05) is 26.2 Å². The summed E-state index contributed by atoms with van der Waals surface area (Å²) in [5, 5.41) is 11.4. The molecule has 0 aliphatic heterocycles. The number of ether oxygens (including phenoxy) is 1. The Kier molecular flexibility index (Phi) is 8.65. The maximum Gasteiger partial charge on any atom is 0.317 e. The number of carboxylic acid groups (broad SMARTS) is 1. The van der Waals surface area contributed by atoms with E-state index in [4.69, 9.17) is 9.84 Å². The van der Waals surface area contributed by atoms with Gasteiger partial charge in [0.15, 0.2) is 0 Å². The van der Waals surface area contributed by atoms with Crippen LogP contribution in [0.4, 0.5) is 4.79 Å². The van der Waals surface area contributed by atoms with Crippen LogP contribution in [0.15, 0.2) is 12.7 Å². The molecule has 2 N–H and O–H groups in total. The lowest BCUT2D eigenvalue weighted by atomic mass is 10.1. The van der Waals surface area contributed by atoms with Crippen molar-refractivity contribution >= 4 is 12.0 Å². The van der Waals surface area contributed by atoms with Crippen molar-refractivity contribution in [3.8, 4) is 0 Å². The lowest BCUT2D eigenvalue weighted by Gasteiger charge is -2.24. The first-order chi connectivity index (χ1) is 8.54. The first-order valence-corrected chi connectivity index (χ1v) is 5.92. The second-order valence-corrected chi connectivity index (χ2v) is 3.88. The Morgan fingerprint density at radius 2 is 2.22 bits per heavy atom. The molecule has 0 radical (unpaired) electrons. The molecule has 1 unspecified atom stereocenters. The van der Waals surface area contributed by atoms with Gasteiger partial charge in [0.2, 0.25) is 0 Å². The van der Waals surface area contributed by atoms with E-state index < -0.39 is 5.97 Å². The Bertz CT molecular complexity index is 281. The number of hydrogen-bond acceptors (Lipinski definition) is 3. The number of methoxy groups -OCH3 is 1. The van der Waals surface area contributed by atoms with E-state index in [1.54, 1.807) is 13.2 Å². The third-order valence-corrected chi connectivity index (χ3v) is 2.44. The van der Waals surface area contributed by atoms with Crippen LogP contribution in [0, 0.1) is 0 Å². The molecule has 0 bridgehead atoms. The summed E-state index contributed by atoms with van der Waals surface area (Å²) in [5.74, 6) is -0.922. The number of aliphatic carboxylic acids is 1. The minimum Gasteiger partial charge on any atom is -0.481 e. The quantitative estimate of drug-likeness (QED) is 0.607. The normalized spacial score (nSPS) is 11.7. The van der Waals surface area contributed by atoms with Crippen molar-refractivity contribution in [3.05, 3.63) is 12.7 Å². The molecule has 0 spiro atoms. The molecule has 0 aromatic carbocycles. The maximum atomic E-state index is 11.9. The lowest BCUT2D eigenvalue weighted by Crippen LogP contribution is -2.46. The summed E-state index contributed by atoms with van der Waals surface area (Å²) >= 11 is 0. The van der Waals surface area contributed by atoms with Gasteiger partial charge in [0.05, 0.1) is 13.0 Å². The van der Waals surface area contributed by atoms with Gasteiger partial charge in [-0.1, -0.05) is 13.0 Å². The van der Waals surface area contributed by atoms with Gasteiger partial charge in [-0.05, 0) is 6.42 Å². The highest BCUT2D eigenvalue weighted by molar-refractivity contribution is 5.76. The molecule has 0 aliphatic carbocycles. The highest BCUT2D eigenvalue weighted by Gasteiger charge is 2.17. The number of hydrogen-bond donors (Lipinski definition) is 2. The van der Waals surface area contributed by atoms with E-state index in [1.807, 2.05) is 6.92 Å². The highest BCUT2D eigenvalue weighted by Crippen LogP contribution is 2.00. The summed E-state index contributed by atoms with van der Waals surface area (Å²) in [4.78, 5) is 24.1. The largest absolute Gasteiger partial charge is 0.481 e. The summed E-state index contributed by atoms with van der Waals surface area (Å²) in [5.41, 5.74) is 0. The number of urea groups is 1. The van der Waals surface area contributed by atoms with Crippen molar-refractivity contribution in [1.82, 2.24) is 10.2 Å². The molecular formula is C12H22N2O4. The van der Waals surface area contributed by atoms with Crippen molar-refractivity contribution in [3.63, 3.8) is 0 Å². The van der Waals surface area contributed by atoms with E-state index in [0.717, 1.165) is 0 Å². The molecule has 0 aliphatic rings. The molecule has 0 heterocycles. The first-order valence-electron chi connectivity index (χ1n) is 5.92. The number of nitrogens with zero attached hydrogens (tertiary/aromatic N) is 1. The van der Waals surface area contributed by atoms with Gasteiger partial charge >= 0.3 is 12.0 Å². The molecule has 0 rings (SSSR count). The Labute approximate surface area is 108 Å². The minimum atomic E-state index is -0.922. The molecule has 104 valence electrons. The van der Waals surface area contributed by atoms with Gasteiger partial charge in [0.25, 0.3) is 0 Å². The Morgan fingerprint density at radius 3 is 2.67 bits per heavy atom. The van der Waals surface area contributed by atoms with E-state index in [9.17, 15) is 9.59 Å². The zero-order valence-electron chi connectivity index (χ0n) is 11.0. The van der Waals surface area contributed by atoms with Crippen LogP contribution in [-0.4, -0.2) is 54.9 Å². The monoisotopic (exact) mass is 258 g/mol. The molecule has 1 atom stereocenters. The number of amides is 2. The van der Waals surface area contributed by atoms with Gasteiger partial charge in [-0.25, -0.2) is 4.79 Å². The Morgan fingerprint density at radius 1 is 1.56 bits per heavy atom. The van der Waals surface area contributed by atoms with E-state index in [2.05, 4.69) is 11.9 Å². The van der Waals surface area contributed by atoms with Crippen LogP contribution in [0.5, 0.6) is 0 Å². The summed E-state index contributed by atoms with van der Waals surface area (Å²) in [6, 6.07) is -0.648. The molecule has 0 aromatic rings. The molecule has 0 aromatic heterocycles. The van der Waals surface area contributed by atoms with Crippen molar-refractivity contribution in [2.24, 2.45) is 0 Å². The molecule has 0 saturated heterocycles. The smallest absolute Gasteiger partial charge is 0.317 e. The van der Waals surface area contributed by atoms with Gasteiger partial charge in [-0.3, -0.25) is 4.79 Å². The van der Waals surface area contributed by atoms with E-state index in [-0.39, 0.29) is 18.5 Å². The van der Waals surface area contributed by atoms with Crippen LogP contribution in [0.3, 0.4) is 0 Å². The summed E-state index contributed by atoms with van der Waals surface area (Å²) in [6.45, 7) is 6.69. The molecule has 6 nitrogen and oxygen atoms in total. The lowest BCUT2D eigenvalue weighted by molar-refractivity contribution is -0.137. The fourth-order valence-corrected chi connectivity index (χ4v) is 1.41. The number of nitrogens with one attached hydrogen (secondary N) is 1. The average Bonchev–Trinajstić information content (AvgIpc) is 2.32. The van der Waals surface area contributed by atoms with Crippen LogP contribution in [0.2, 0.25) is 0 Å². The highest BCUT2D eigenvalue weighted by atomic mass is 16.5. The zero-order chi connectivity index (χ0) is 14.0. The standard InChI is InChI=1S/C12H22N2O4/c1-4-6-14(7-8-18-3)12(17)13-10(5-2)9-11(15)16/h4,10H,1,5-9H2,2-3H3,(H,13,17)(H,15,16). The fraction of sp³-hybridized carbons (Fsp3) is 0.667. The van der Waals surface area contributed by atoms with Crippen LogP contribution >= 0.6 is 0 Å². The zero-order valence-corrected chi connectivity index (χ0v) is 11.0. The molecule has 0 saturated carbocycles. The second-order valence-electron chi connectivity index (χ2n) is 3.88. The summed E-state index contributed by atoms with van der Waals surface area (Å²) in [6.07, 6.45) is 2.12. The summed E-state index contributed by atoms with van der Waals surface area (Å²) < 4.78 is 4.91. The van der Waals surface area contributed by atoms with Crippen LogP contribution in [-0.2, 0) is 9.53 Å². The van der Waals surface area contributed by atoms with Crippen LogP contribution in [0.1, 0.15) is 19.8 Å². The van der Waals surface area contributed by atoms with Crippen LogP contribution in [0.25, 0.3) is 0 Å². The third kappa shape index (κ3) is 6.90. The topological polar surface area (TPSA) is 78.9 Å². The fourth-order valence-electron chi connectivity index (χ4n) is 1.41. The van der Waals surface area contributed by atoms with Gasteiger partial charge in [0.1, 0.15) is 0 Å². The Hall–Kier alpha value is -1.56. The summed E-state index contributed by atoms with van der Waals surface area (Å²) in [7, 11) is 1.56. The third-order valence-electron chi connectivity index (χ3n) is 2.44. The molecule has 6 heteroatoms. The molecule has 18 heavy (non-hydrogen) atoms. The SMILES string of the molecule is C=CCN(CCOC)C(=O)NC(CC)CC(=O)O. The average molecular weight is 258 g/mol. The predicted molar refractivity (Wildman–Crippen MR) is 68.5 cm³/mol. The second kappa shape index (κ2) is 9.47. The van der Waals surface area contributed by atoms with Crippen LogP contribution < -0.4 is 5.32 Å². The predicted octanol–water partition coefficient (Wildman–Crippen LogP) is 1.08. The minimum absolute atomic E-state index is 0.0750. The molecule has 0 fully saturated rings. The number of carbonyl (C=O) groups excluding carboxylic acids is 1. The molecular weight excluding hydrogens is 236 g/mol. The first kappa shape index (κ1) is 16.4. The van der Waals surface area contributed by atoms with Gasteiger partial charge in [-0.15, -0.1) is 6.58 Å². The van der Waals surface area contributed by atoms with Gasteiger partial charge < -0.3 is 20.1 Å². The van der Waals surface area contributed by atoms with E-state index in [1.165, 1.54) is 4.90 Å². The van der Waals surface area contributed by atoms with Crippen molar-refractivity contribution < 1.29 is 19.4 Å². The maximum absolute atomic E-state index is 11.9. The van der Waals surface area contributed by atoms with E-state index in [0.29, 0.717) is 26.1 Å². The Balaban J connectivity index is 4.36. The number of carboxylic acids is 1. The van der Waals surface area contributed by atoms with Crippen molar-refractivity contribution in [2.75, 3.05) is 26.8 Å². The van der Waals surface area contributed by atoms with Crippen molar-refractivity contribution in [2.45, 2.75) is 25.8 Å².